The monoisotopic (exact) mass is 197 g/mol. The molecule has 0 spiro atoms. The summed E-state index contributed by atoms with van der Waals surface area (Å²) in [5.41, 5.74) is 0. The molecular formula is C10H15NOS. The van der Waals surface area contributed by atoms with Crippen LogP contribution in [0.3, 0.4) is 0 Å². The lowest BCUT2D eigenvalue weighted by Gasteiger charge is -2.25. The first kappa shape index (κ1) is 9.00. The lowest BCUT2D eigenvalue weighted by Crippen LogP contribution is -2.22. The van der Waals surface area contributed by atoms with E-state index in [1.807, 2.05) is 5.38 Å². The van der Waals surface area contributed by atoms with Crippen molar-refractivity contribution in [3.05, 3.63) is 11.6 Å². The molecule has 0 radical (unpaired) electrons. The van der Waals surface area contributed by atoms with Gasteiger partial charge in [0.15, 0.2) is 0 Å². The van der Waals surface area contributed by atoms with Gasteiger partial charge in [0.05, 0.1) is 0 Å². The van der Waals surface area contributed by atoms with Crippen LogP contribution in [0.5, 0.6) is 5.19 Å². The van der Waals surface area contributed by atoms with Crippen molar-refractivity contribution < 1.29 is 4.74 Å². The molecule has 72 valence electrons. The van der Waals surface area contributed by atoms with E-state index in [9.17, 15) is 0 Å². The van der Waals surface area contributed by atoms with Gasteiger partial charge in [-0.15, -0.1) is 0 Å². The van der Waals surface area contributed by atoms with Gasteiger partial charge in [0.2, 0.25) is 0 Å². The highest BCUT2D eigenvalue weighted by Crippen LogP contribution is 2.27. The average molecular weight is 197 g/mol. The van der Waals surface area contributed by atoms with Crippen LogP contribution in [0.25, 0.3) is 0 Å². The van der Waals surface area contributed by atoms with E-state index in [4.69, 9.17) is 4.74 Å². The van der Waals surface area contributed by atoms with E-state index < -0.39 is 0 Å². The third-order valence-corrected chi connectivity index (χ3v) is 3.30. The molecule has 0 aromatic carbocycles. The molecule has 1 saturated carbocycles. The van der Waals surface area contributed by atoms with Crippen molar-refractivity contribution in [3.63, 3.8) is 0 Å². The molecule has 0 aliphatic heterocycles. The molecule has 1 aliphatic rings. The smallest absolute Gasteiger partial charge is 0.273 e. The fourth-order valence-corrected chi connectivity index (χ4v) is 2.31. The van der Waals surface area contributed by atoms with E-state index >= 15 is 0 Å². The Balaban J connectivity index is 1.83. The molecule has 0 atom stereocenters. The fraction of sp³-hybridized carbons (Fsp3) is 0.700. The van der Waals surface area contributed by atoms with Gasteiger partial charge >= 0.3 is 0 Å². The lowest BCUT2D eigenvalue weighted by molar-refractivity contribution is 0.135. The zero-order valence-electron chi connectivity index (χ0n) is 7.90. The second-order valence-corrected chi connectivity index (χ2v) is 4.65. The van der Waals surface area contributed by atoms with Crippen molar-refractivity contribution in [3.8, 4) is 5.19 Å². The molecule has 1 aliphatic carbocycles. The molecule has 0 N–H and O–H groups in total. The van der Waals surface area contributed by atoms with Crippen LogP contribution >= 0.6 is 11.3 Å². The van der Waals surface area contributed by atoms with Crippen LogP contribution in [0.15, 0.2) is 11.6 Å². The van der Waals surface area contributed by atoms with E-state index in [0.29, 0.717) is 6.10 Å². The average Bonchev–Trinajstić information content (AvgIpc) is 2.62. The molecule has 1 aromatic rings. The number of hydrogen-bond acceptors (Lipinski definition) is 3. The van der Waals surface area contributed by atoms with Crippen molar-refractivity contribution in [1.29, 1.82) is 0 Å². The van der Waals surface area contributed by atoms with Crippen molar-refractivity contribution in [2.45, 2.75) is 38.7 Å². The molecule has 2 nitrogen and oxygen atoms in total. The van der Waals surface area contributed by atoms with Crippen LogP contribution < -0.4 is 4.74 Å². The van der Waals surface area contributed by atoms with Crippen LogP contribution in [-0.4, -0.2) is 11.1 Å². The largest absolute Gasteiger partial charge is 0.467 e. The summed E-state index contributed by atoms with van der Waals surface area (Å²) in [5.74, 6) is 0.885. The minimum Gasteiger partial charge on any atom is -0.467 e. The van der Waals surface area contributed by atoms with Gasteiger partial charge in [0, 0.05) is 11.6 Å². The second-order valence-electron chi connectivity index (χ2n) is 3.80. The SMILES string of the molecule is CC1CCC(Oc2nccs2)CC1. The molecule has 0 unspecified atom stereocenters. The molecular weight excluding hydrogens is 182 g/mol. The summed E-state index contributed by atoms with van der Waals surface area (Å²) < 4.78 is 5.75. The number of hydrogen-bond donors (Lipinski definition) is 0. The third kappa shape index (κ3) is 2.44. The van der Waals surface area contributed by atoms with Gasteiger partial charge in [0.25, 0.3) is 5.19 Å². The standard InChI is InChI=1S/C10H15NOS/c1-8-2-4-9(5-3-8)12-10-11-6-7-13-10/h6-9H,2-5H2,1H3. The fourth-order valence-electron chi connectivity index (χ4n) is 1.76. The Bertz CT molecular complexity index is 239. The Morgan fingerprint density at radius 3 is 2.77 bits per heavy atom. The number of rotatable bonds is 2. The summed E-state index contributed by atoms with van der Waals surface area (Å²) >= 11 is 1.58. The van der Waals surface area contributed by atoms with Crippen LogP contribution in [0.2, 0.25) is 0 Å². The minimum absolute atomic E-state index is 0.419. The van der Waals surface area contributed by atoms with Crippen LogP contribution in [0.1, 0.15) is 32.6 Å². The molecule has 0 bridgehead atoms. The van der Waals surface area contributed by atoms with E-state index in [-0.39, 0.29) is 0 Å². The summed E-state index contributed by atoms with van der Waals surface area (Å²) in [6, 6.07) is 0. The Labute approximate surface area is 83.0 Å². The van der Waals surface area contributed by atoms with Crippen molar-refractivity contribution >= 4 is 11.3 Å². The van der Waals surface area contributed by atoms with Gasteiger partial charge in [-0.25, -0.2) is 4.98 Å². The van der Waals surface area contributed by atoms with Crippen LogP contribution in [0.4, 0.5) is 0 Å². The summed E-state index contributed by atoms with van der Waals surface area (Å²) in [6.45, 7) is 2.32. The topological polar surface area (TPSA) is 22.1 Å². The molecule has 1 aromatic heterocycles. The number of aromatic nitrogens is 1. The summed E-state index contributed by atoms with van der Waals surface area (Å²) in [6.07, 6.45) is 7.21. The molecule has 13 heavy (non-hydrogen) atoms. The highest BCUT2D eigenvalue weighted by atomic mass is 32.1. The first-order valence-corrected chi connectivity index (χ1v) is 5.78. The van der Waals surface area contributed by atoms with Gasteiger partial charge in [-0.05, 0) is 31.6 Å². The highest BCUT2D eigenvalue weighted by molar-refractivity contribution is 7.11. The number of nitrogens with zero attached hydrogens (tertiary/aromatic N) is 1. The zero-order valence-corrected chi connectivity index (χ0v) is 8.72. The van der Waals surface area contributed by atoms with Gasteiger partial charge in [-0.2, -0.15) is 0 Å². The first-order chi connectivity index (χ1) is 6.34. The lowest BCUT2D eigenvalue weighted by atomic mass is 9.89. The van der Waals surface area contributed by atoms with Gasteiger partial charge in [-0.3, -0.25) is 0 Å². The van der Waals surface area contributed by atoms with Gasteiger partial charge < -0.3 is 4.74 Å². The van der Waals surface area contributed by atoms with E-state index in [1.165, 1.54) is 25.7 Å². The summed E-state index contributed by atoms with van der Waals surface area (Å²) in [4.78, 5) is 4.13. The maximum Gasteiger partial charge on any atom is 0.273 e. The van der Waals surface area contributed by atoms with Gasteiger partial charge in [-0.1, -0.05) is 18.3 Å². The predicted octanol–water partition coefficient (Wildman–Crippen LogP) is 3.10. The molecule has 0 amide bonds. The quantitative estimate of drug-likeness (QED) is 0.726. The third-order valence-electron chi connectivity index (χ3n) is 2.64. The number of thiazole rings is 1. The van der Waals surface area contributed by atoms with E-state index in [0.717, 1.165) is 11.1 Å². The summed E-state index contributed by atoms with van der Waals surface area (Å²) in [7, 11) is 0. The maximum absolute atomic E-state index is 5.75. The Hall–Kier alpha value is -0.570. The Morgan fingerprint density at radius 1 is 1.38 bits per heavy atom. The molecule has 0 saturated heterocycles. The first-order valence-electron chi connectivity index (χ1n) is 4.91. The predicted molar refractivity (Wildman–Crippen MR) is 54.2 cm³/mol. The Morgan fingerprint density at radius 2 is 2.15 bits per heavy atom. The Kier molecular flexibility index (Phi) is 2.83. The van der Waals surface area contributed by atoms with Crippen molar-refractivity contribution in [1.82, 2.24) is 4.98 Å². The van der Waals surface area contributed by atoms with E-state index in [1.54, 1.807) is 17.5 Å². The van der Waals surface area contributed by atoms with Crippen molar-refractivity contribution in [2.75, 3.05) is 0 Å². The summed E-state index contributed by atoms with van der Waals surface area (Å²) in [5, 5.41) is 2.79. The number of ether oxygens (including phenoxy) is 1. The minimum atomic E-state index is 0.419. The maximum atomic E-state index is 5.75. The van der Waals surface area contributed by atoms with Crippen LogP contribution in [0, 0.1) is 5.92 Å². The normalized spacial score (nSPS) is 28.7. The van der Waals surface area contributed by atoms with Crippen LogP contribution in [-0.2, 0) is 0 Å². The molecule has 1 fully saturated rings. The molecule has 3 heteroatoms. The van der Waals surface area contributed by atoms with Gasteiger partial charge in [0.1, 0.15) is 6.10 Å². The van der Waals surface area contributed by atoms with Crippen molar-refractivity contribution in [2.24, 2.45) is 5.92 Å². The van der Waals surface area contributed by atoms with E-state index in [2.05, 4.69) is 11.9 Å². The highest BCUT2D eigenvalue weighted by Gasteiger charge is 2.19. The second kappa shape index (κ2) is 4.09. The zero-order chi connectivity index (χ0) is 9.10. The molecule has 1 heterocycles. The molecule has 2 rings (SSSR count).